The maximum atomic E-state index is 12.7. The molecule has 1 spiro atoms. The lowest BCUT2D eigenvalue weighted by molar-refractivity contribution is -0.153. The van der Waals surface area contributed by atoms with Gasteiger partial charge in [0.25, 0.3) is 0 Å². The van der Waals surface area contributed by atoms with Gasteiger partial charge in [0.05, 0.1) is 7.11 Å². The van der Waals surface area contributed by atoms with Gasteiger partial charge in [-0.05, 0) is 69.2 Å². The molecular weight excluding hydrogens is 440 g/mol. The first kappa shape index (κ1) is 25.8. The second-order valence-corrected chi connectivity index (χ2v) is 9.85. The van der Waals surface area contributed by atoms with E-state index in [1.54, 1.807) is 12.0 Å². The Morgan fingerprint density at radius 2 is 1.85 bits per heavy atom. The highest BCUT2D eigenvalue weighted by Crippen LogP contribution is 2.46. The predicted octanol–water partition coefficient (Wildman–Crippen LogP) is 4.62. The Balaban J connectivity index is 0.00000306. The second kappa shape index (κ2) is 11.6. The summed E-state index contributed by atoms with van der Waals surface area (Å²) in [5.41, 5.74) is 1.14. The molecule has 2 fully saturated rings. The third-order valence-electron chi connectivity index (χ3n) is 7.60. The van der Waals surface area contributed by atoms with Crippen molar-refractivity contribution in [3.05, 3.63) is 23.8 Å². The van der Waals surface area contributed by atoms with Crippen LogP contribution >= 0.6 is 12.4 Å². The minimum absolute atomic E-state index is 0. The lowest BCUT2D eigenvalue weighted by Crippen LogP contribution is -2.47. The van der Waals surface area contributed by atoms with E-state index in [9.17, 15) is 9.59 Å². The van der Waals surface area contributed by atoms with Crippen LogP contribution in [0.2, 0.25) is 0 Å². The number of amides is 2. The van der Waals surface area contributed by atoms with Crippen LogP contribution in [0.5, 0.6) is 11.5 Å². The second-order valence-electron chi connectivity index (χ2n) is 9.85. The van der Waals surface area contributed by atoms with Crippen LogP contribution in [0.3, 0.4) is 0 Å². The van der Waals surface area contributed by atoms with Crippen LogP contribution in [-0.2, 0) is 16.0 Å². The molecule has 0 N–H and O–H groups in total. The van der Waals surface area contributed by atoms with E-state index in [0.29, 0.717) is 32.0 Å². The van der Waals surface area contributed by atoms with Gasteiger partial charge in [0.15, 0.2) is 0 Å². The van der Waals surface area contributed by atoms with Crippen LogP contribution < -0.4 is 9.47 Å². The number of carbonyl (C=O) groups excluding carboxylic acids is 2. The molecule has 1 aliphatic carbocycles. The van der Waals surface area contributed by atoms with Gasteiger partial charge in [-0.1, -0.05) is 25.8 Å². The fourth-order valence-electron chi connectivity index (χ4n) is 5.90. The number of piperidine rings is 1. The number of methoxy groups -OCH3 is 1. The minimum atomic E-state index is -0.0130. The SMILES string of the molecule is CCCN(CCCCN1C(=O)CC2(CCCC2)CC1=O)[C@@H]1COc2cccc(OC)c2C1.Cl. The van der Waals surface area contributed by atoms with Crippen LogP contribution in [0, 0.1) is 5.41 Å². The first-order valence-electron chi connectivity index (χ1n) is 12.4. The highest BCUT2D eigenvalue weighted by Gasteiger charge is 2.44. The maximum absolute atomic E-state index is 12.7. The Morgan fingerprint density at radius 3 is 2.52 bits per heavy atom. The van der Waals surface area contributed by atoms with Gasteiger partial charge >= 0.3 is 0 Å². The highest BCUT2D eigenvalue weighted by atomic mass is 35.5. The number of hydrogen-bond donors (Lipinski definition) is 0. The van der Waals surface area contributed by atoms with Crippen molar-refractivity contribution in [1.82, 2.24) is 9.80 Å². The van der Waals surface area contributed by atoms with Crippen LogP contribution in [0.15, 0.2) is 18.2 Å². The largest absolute Gasteiger partial charge is 0.496 e. The van der Waals surface area contributed by atoms with Crippen molar-refractivity contribution in [2.45, 2.75) is 77.2 Å². The monoisotopic (exact) mass is 478 g/mol. The zero-order valence-electron chi connectivity index (χ0n) is 20.1. The number of benzene rings is 1. The topological polar surface area (TPSA) is 59.1 Å². The van der Waals surface area contributed by atoms with Crippen molar-refractivity contribution < 1.29 is 19.1 Å². The summed E-state index contributed by atoms with van der Waals surface area (Å²) in [4.78, 5) is 29.4. The van der Waals surface area contributed by atoms with Crippen molar-refractivity contribution in [3.63, 3.8) is 0 Å². The molecule has 0 radical (unpaired) electrons. The smallest absolute Gasteiger partial charge is 0.229 e. The molecule has 184 valence electrons. The third-order valence-corrected chi connectivity index (χ3v) is 7.60. The molecule has 3 aliphatic rings. The van der Waals surface area contributed by atoms with E-state index < -0.39 is 0 Å². The Hall–Kier alpha value is -1.79. The zero-order valence-corrected chi connectivity index (χ0v) is 21.0. The summed E-state index contributed by atoms with van der Waals surface area (Å²) < 4.78 is 11.6. The molecule has 1 saturated carbocycles. The molecule has 1 atom stereocenters. The number of imide groups is 1. The van der Waals surface area contributed by atoms with Crippen molar-refractivity contribution in [3.8, 4) is 11.5 Å². The Kier molecular flexibility index (Phi) is 9.05. The normalized spacial score (nSPS) is 21.7. The molecule has 0 bridgehead atoms. The van der Waals surface area contributed by atoms with E-state index in [-0.39, 0.29) is 29.6 Å². The van der Waals surface area contributed by atoms with Gasteiger partial charge in [0, 0.05) is 31.0 Å². The number of rotatable bonds is 9. The van der Waals surface area contributed by atoms with E-state index in [1.165, 1.54) is 0 Å². The van der Waals surface area contributed by atoms with E-state index >= 15 is 0 Å². The summed E-state index contributed by atoms with van der Waals surface area (Å²) in [6.07, 6.45) is 9.39. The molecule has 0 unspecified atom stereocenters. The summed E-state index contributed by atoms with van der Waals surface area (Å²) in [7, 11) is 1.71. The fourth-order valence-corrected chi connectivity index (χ4v) is 5.90. The molecule has 1 saturated heterocycles. The first-order valence-corrected chi connectivity index (χ1v) is 12.4. The molecule has 2 heterocycles. The van der Waals surface area contributed by atoms with Gasteiger partial charge in [-0.3, -0.25) is 19.4 Å². The number of fused-ring (bicyclic) bond motifs is 1. The summed E-state index contributed by atoms with van der Waals surface area (Å²) in [6.45, 7) is 5.42. The summed E-state index contributed by atoms with van der Waals surface area (Å²) in [6, 6.07) is 6.30. The average Bonchev–Trinajstić information content (AvgIpc) is 3.23. The average molecular weight is 479 g/mol. The molecule has 7 heteroatoms. The van der Waals surface area contributed by atoms with E-state index in [1.807, 2.05) is 18.2 Å². The van der Waals surface area contributed by atoms with Gasteiger partial charge in [-0.2, -0.15) is 0 Å². The molecule has 2 amide bonds. The number of hydrogen-bond acceptors (Lipinski definition) is 5. The van der Waals surface area contributed by atoms with Crippen molar-refractivity contribution in [2.24, 2.45) is 5.41 Å². The highest BCUT2D eigenvalue weighted by molar-refractivity contribution is 5.98. The number of unbranched alkanes of at least 4 members (excludes halogenated alkanes) is 1. The van der Waals surface area contributed by atoms with Crippen molar-refractivity contribution >= 4 is 24.2 Å². The van der Waals surface area contributed by atoms with Gasteiger partial charge in [-0.25, -0.2) is 0 Å². The Morgan fingerprint density at radius 1 is 1.12 bits per heavy atom. The molecule has 0 aromatic heterocycles. The number of carbonyl (C=O) groups is 2. The quantitative estimate of drug-likeness (QED) is 0.383. The molecule has 4 rings (SSSR count). The number of nitrogens with zero attached hydrogens (tertiary/aromatic N) is 2. The zero-order chi connectivity index (χ0) is 22.6. The van der Waals surface area contributed by atoms with Gasteiger partial charge < -0.3 is 9.47 Å². The van der Waals surface area contributed by atoms with Crippen LogP contribution in [0.25, 0.3) is 0 Å². The van der Waals surface area contributed by atoms with Crippen molar-refractivity contribution in [2.75, 3.05) is 33.4 Å². The molecule has 6 nitrogen and oxygen atoms in total. The maximum Gasteiger partial charge on any atom is 0.229 e. The Labute approximate surface area is 204 Å². The fraction of sp³-hybridized carbons (Fsp3) is 0.692. The lowest BCUT2D eigenvalue weighted by atomic mass is 9.76. The molecule has 2 aliphatic heterocycles. The van der Waals surface area contributed by atoms with Gasteiger partial charge in [0.2, 0.25) is 11.8 Å². The van der Waals surface area contributed by atoms with Gasteiger partial charge in [-0.15, -0.1) is 12.4 Å². The van der Waals surface area contributed by atoms with E-state index in [4.69, 9.17) is 9.47 Å². The number of ether oxygens (including phenoxy) is 2. The Bertz CT molecular complexity index is 790. The predicted molar refractivity (Wildman–Crippen MR) is 131 cm³/mol. The van der Waals surface area contributed by atoms with Gasteiger partial charge in [0.1, 0.15) is 18.1 Å². The van der Waals surface area contributed by atoms with Crippen LogP contribution in [0.4, 0.5) is 0 Å². The molecule has 1 aromatic rings. The van der Waals surface area contributed by atoms with Crippen LogP contribution in [-0.4, -0.2) is 61.0 Å². The standard InChI is InChI=1S/C26H38N2O4.ClH/c1-3-13-27(20-16-21-22(31-2)9-8-10-23(21)32-19-20)14-6-7-15-28-24(29)17-26(18-25(28)30)11-4-5-12-26;/h8-10,20H,3-7,11-19H2,1-2H3;1H/t20-;/m0./s1. The van der Waals surface area contributed by atoms with E-state index in [2.05, 4.69) is 11.8 Å². The van der Waals surface area contributed by atoms with E-state index in [0.717, 1.165) is 81.5 Å². The third kappa shape index (κ3) is 5.83. The number of likely N-dealkylation sites (tertiary alicyclic amines) is 1. The minimum Gasteiger partial charge on any atom is -0.496 e. The summed E-state index contributed by atoms with van der Waals surface area (Å²) in [5, 5.41) is 0. The molecule has 1 aromatic carbocycles. The molecular formula is C26H39ClN2O4. The first-order chi connectivity index (χ1) is 15.5. The molecule has 33 heavy (non-hydrogen) atoms. The summed E-state index contributed by atoms with van der Waals surface area (Å²) in [5.74, 6) is 1.93. The van der Waals surface area contributed by atoms with Crippen LogP contribution in [0.1, 0.15) is 70.3 Å². The number of halogens is 1. The lowest BCUT2D eigenvalue weighted by Gasteiger charge is -2.37. The van der Waals surface area contributed by atoms with Crippen molar-refractivity contribution in [1.29, 1.82) is 0 Å². The summed E-state index contributed by atoms with van der Waals surface area (Å²) >= 11 is 0.